The summed E-state index contributed by atoms with van der Waals surface area (Å²) in [4.78, 5) is 27.7. The fourth-order valence-electron chi connectivity index (χ4n) is 3.74. The van der Waals surface area contributed by atoms with E-state index in [0.29, 0.717) is 0 Å². The van der Waals surface area contributed by atoms with Gasteiger partial charge in [0, 0.05) is 5.69 Å². The first-order chi connectivity index (χ1) is 13.7. The second-order valence-corrected chi connectivity index (χ2v) is 7.02. The minimum atomic E-state index is -0.728. The molecule has 3 aromatic carbocycles. The van der Waals surface area contributed by atoms with Gasteiger partial charge in [0.15, 0.2) is 0 Å². The maximum atomic E-state index is 13.0. The molecule has 1 aliphatic rings. The highest BCUT2D eigenvalue weighted by Crippen LogP contribution is 2.43. The number of carbonyl (C=O) groups is 2. The average molecular weight is 370 g/mol. The molecule has 1 saturated heterocycles. The van der Waals surface area contributed by atoms with Crippen LogP contribution in [0.4, 0.5) is 5.69 Å². The van der Waals surface area contributed by atoms with Gasteiger partial charge in [-0.2, -0.15) is 0 Å². The van der Waals surface area contributed by atoms with Gasteiger partial charge in [-0.15, -0.1) is 0 Å². The molecule has 3 aromatic rings. The van der Waals surface area contributed by atoms with E-state index < -0.39 is 5.92 Å². The molecular formula is C24H22N2O2. The zero-order chi connectivity index (χ0) is 19.5. The molecule has 0 bridgehead atoms. The Balaban J connectivity index is 1.60. The van der Waals surface area contributed by atoms with Crippen molar-refractivity contribution in [3.63, 3.8) is 0 Å². The summed E-state index contributed by atoms with van der Waals surface area (Å²) in [5.41, 5.74) is 2.78. The van der Waals surface area contributed by atoms with E-state index in [1.165, 1.54) is 0 Å². The summed E-state index contributed by atoms with van der Waals surface area (Å²) in [6.45, 7) is 1.93. The molecular weight excluding hydrogens is 348 g/mol. The second kappa shape index (κ2) is 7.69. The van der Waals surface area contributed by atoms with Crippen molar-refractivity contribution in [2.75, 3.05) is 4.90 Å². The minimum Gasteiger partial charge on any atom is -0.349 e. The Hall–Kier alpha value is -3.40. The van der Waals surface area contributed by atoms with Crippen LogP contribution in [-0.2, 0) is 9.59 Å². The Morgan fingerprint density at radius 1 is 0.857 bits per heavy atom. The van der Waals surface area contributed by atoms with Gasteiger partial charge < -0.3 is 10.2 Å². The van der Waals surface area contributed by atoms with Crippen molar-refractivity contribution in [2.45, 2.75) is 19.0 Å². The molecule has 0 aromatic heterocycles. The lowest BCUT2D eigenvalue weighted by atomic mass is 9.81. The normalized spacial score (nSPS) is 19.6. The van der Waals surface area contributed by atoms with Gasteiger partial charge in [-0.05, 0) is 30.2 Å². The molecule has 0 spiro atoms. The monoisotopic (exact) mass is 370 g/mol. The van der Waals surface area contributed by atoms with Crippen molar-refractivity contribution in [1.29, 1.82) is 0 Å². The van der Waals surface area contributed by atoms with Crippen LogP contribution in [-0.4, -0.2) is 11.8 Å². The van der Waals surface area contributed by atoms with E-state index in [1.807, 2.05) is 97.9 Å². The first-order valence-corrected chi connectivity index (χ1v) is 9.45. The predicted molar refractivity (Wildman–Crippen MR) is 110 cm³/mol. The highest BCUT2D eigenvalue weighted by atomic mass is 16.2. The van der Waals surface area contributed by atoms with Crippen molar-refractivity contribution >= 4 is 17.5 Å². The Morgan fingerprint density at radius 2 is 1.39 bits per heavy atom. The van der Waals surface area contributed by atoms with Crippen molar-refractivity contribution in [2.24, 2.45) is 5.92 Å². The van der Waals surface area contributed by atoms with Crippen LogP contribution in [0.25, 0.3) is 0 Å². The first-order valence-electron chi connectivity index (χ1n) is 9.45. The molecule has 4 nitrogen and oxygen atoms in total. The summed E-state index contributed by atoms with van der Waals surface area (Å²) in [7, 11) is 0. The van der Waals surface area contributed by atoms with Crippen LogP contribution >= 0.6 is 0 Å². The number of para-hydroxylation sites is 1. The number of hydrogen-bond acceptors (Lipinski definition) is 2. The van der Waals surface area contributed by atoms with Crippen LogP contribution in [0.1, 0.15) is 30.1 Å². The Morgan fingerprint density at radius 3 is 2.00 bits per heavy atom. The van der Waals surface area contributed by atoms with Crippen molar-refractivity contribution in [1.82, 2.24) is 5.32 Å². The molecule has 0 radical (unpaired) electrons. The lowest BCUT2D eigenvalue weighted by molar-refractivity contribution is -0.141. The molecule has 0 unspecified atom stereocenters. The van der Waals surface area contributed by atoms with Crippen LogP contribution in [0, 0.1) is 5.92 Å². The number of anilines is 1. The van der Waals surface area contributed by atoms with E-state index in [-0.39, 0.29) is 23.9 Å². The summed E-state index contributed by atoms with van der Waals surface area (Å²) >= 11 is 0. The maximum Gasteiger partial charge on any atom is 0.242 e. The predicted octanol–water partition coefficient (Wildman–Crippen LogP) is 4.27. The Bertz CT molecular complexity index is 958. The number of carbonyl (C=O) groups excluding carboxylic acids is 2. The molecule has 1 N–H and O–H groups in total. The molecule has 2 amide bonds. The van der Waals surface area contributed by atoms with Crippen LogP contribution in [0.15, 0.2) is 91.0 Å². The molecule has 0 saturated carbocycles. The SMILES string of the molecule is C[C@@H](NC(=O)[C@H]1C(=O)N(c2ccccc2)[C@@H]1c1ccccc1)c1ccccc1. The summed E-state index contributed by atoms with van der Waals surface area (Å²) in [5, 5.41) is 3.01. The Kier molecular flexibility index (Phi) is 4.94. The van der Waals surface area contributed by atoms with Gasteiger partial charge in [0.05, 0.1) is 12.1 Å². The topological polar surface area (TPSA) is 49.4 Å². The quantitative estimate of drug-likeness (QED) is 0.539. The maximum absolute atomic E-state index is 13.0. The average Bonchev–Trinajstić information content (AvgIpc) is 2.74. The minimum absolute atomic E-state index is 0.163. The molecule has 1 fully saturated rings. The summed E-state index contributed by atoms with van der Waals surface area (Å²) in [6, 6.07) is 28.5. The van der Waals surface area contributed by atoms with Gasteiger partial charge in [0.1, 0.15) is 5.92 Å². The largest absolute Gasteiger partial charge is 0.349 e. The Labute approximate surface area is 164 Å². The van der Waals surface area contributed by atoms with Crippen LogP contribution < -0.4 is 10.2 Å². The molecule has 0 aliphatic carbocycles. The van der Waals surface area contributed by atoms with E-state index in [9.17, 15) is 9.59 Å². The number of rotatable bonds is 5. The number of hydrogen-bond donors (Lipinski definition) is 1. The molecule has 1 heterocycles. The van der Waals surface area contributed by atoms with Gasteiger partial charge >= 0.3 is 0 Å². The molecule has 1 aliphatic heterocycles. The third-order valence-electron chi connectivity index (χ3n) is 5.21. The number of benzene rings is 3. The number of β-lactam (4-membered cyclic amide) rings is 1. The zero-order valence-corrected chi connectivity index (χ0v) is 15.7. The number of nitrogens with one attached hydrogen (secondary N) is 1. The van der Waals surface area contributed by atoms with Crippen LogP contribution in [0.2, 0.25) is 0 Å². The molecule has 28 heavy (non-hydrogen) atoms. The fourth-order valence-corrected chi connectivity index (χ4v) is 3.74. The van der Waals surface area contributed by atoms with Crippen LogP contribution in [0.3, 0.4) is 0 Å². The van der Waals surface area contributed by atoms with Gasteiger partial charge in [0.2, 0.25) is 11.8 Å². The van der Waals surface area contributed by atoms with E-state index in [1.54, 1.807) is 4.90 Å². The summed E-state index contributed by atoms with van der Waals surface area (Å²) < 4.78 is 0. The van der Waals surface area contributed by atoms with E-state index >= 15 is 0 Å². The standard InChI is InChI=1S/C24H22N2O2/c1-17(18-11-5-2-6-12-18)25-23(27)21-22(19-13-7-3-8-14-19)26(24(21)28)20-15-9-4-10-16-20/h2-17,21-22H,1H3,(H,25,27)/t17-,21+,22-/m1/s1. The lowest BCUT2D eigenvalue weighted by Crippen LogP contribution is -2.60. The number of amides is 2. The van der Waals surface area contributed by atoms with Gasteiger partial charge in [-0.1, -0.05) is 78.9 Å². The van der Waals surface area contributed by atoms with E-state index in [2.05, 4.69) is 5.32 Å². The molecule has 140 valence electrons. The van der Waals surface area contributed by atoms with Gasteiger partial charge in [-0.25, -0.2) is 0 Å². The molecule has 3 atom stereocenters. The highest BCUT2D eigenvalue weighted by Gasteiger charge is 2.53. The summed E-state index contributed by atoms with van der Waals surface area (Å²) in [5.74, 6) is -1.13. The zero-order valence-electron chi connectivity index (χ0n) is 15.7. The summed E-state index contributed by atoms with van der Waals surface area (Å²) in [6.07, 6.45) is 0. The lowest BCUT2D eigenvalue weighted by Gasteiger charge is -2.46. The van der Waals surface area contributed by atoms with Gasteiger partial charge in [0.25, 0.3) is 0 Å². The van der Waals surface area contributed by atoms with E-state index in [0.717, 1.165) is 16.8 Å². The molecule has 4 rings (SSSR count). The fraction of sp³-hybridized carbons (Fsp3) is 0.167. The van der Waals surface area contributed by atoms with E-state index in [4.69, 9.17) is 0 Å². The van der Waals surface area contributed by atoms with Crippen LogP contribution in [0.5, 0.6) is 0 Å². The smallest absolute Gasteiger partial charge is 0.242 e. The first kappa shape index (κ1) is 18.0. The van der Waals surface area contributed by atoms with Crippen molar-refractivity contribution < 1.29 is 9.59 Å². The highest BCUT2D eigenvalue weighted by molar-refractivity contribution is 6.15. The third kappa shape index (κ3) is 3.29. The van der Waals surface area contributed by atoms with Crippen molar-refractivity contribution in [3.8, 4) is 0 Å². The molecule has 4 heteroatoms. The second-order valence-electron chi connectivity index (χ2n) is 7.02. The third-order valence-corrected chi connectivity index (χ3v) is 5.21. The van der Waals surface area contributed by atoms with Crippen molar-refractivity contribution in [3.05, 3.63) is 102 Å². The van der Waals surface area contributed by atoms with Gasteiger partial charge in [-0.3, -0.25) is 9.59 Å². The number of nitrogens with zero attached hydrogens (tertiary/aromatic N) is 1.